The van der Waals surface area contributed by atoms with Crippen molar-refractivity contribution in [2.24, 2.45) is 5.92 Å². The second-order valence-corrected chi connectivity index (χ2v) is 11.0. The monoisotopic (exact) mass is 506 g/mol. The van der Waals surface area contributed by atoms with Crippen LogP contribution in [0.3, 0.4) is 0 Å². The van der Waals surface area contributed by atoms with Crippen LogP contribution in [0.5, 0.6) is 0 Å². The third-order valence-electron chi connectivity index (χ3n) is 7.84. The van der Waals surface area contributed by atoms with E-state index in [0.29, 0.717) is 15.1 Å². The van der Waals surface area contributed by atoms with Crippen LogP contribution in [0, 0.1) is 5.92 Å². The molecule has 2 aliphatic heterocycles. The largest absolute Gasteiger partial charge is 0.381 e. The number of hydrogen-bond acceptors (Lipinski definition) is 3. The minimum absolute atomic E-state index is 0.0272. The van der Waals surface area contributed by atoms with Crippen LogP contribution in [0.25, 0.3) is 0 Å². The molecule has 5 atom stereocenters. The lowest BCUT2D eigenvalue weighted by Crippen LogP contribution is -2.62. The lowest BCUT2D eigenvalue weighted by molar-refractivity contribution is -0.127. The van der Waals surface area contributed by atoms with Gasteiger partial charge >= 0.3 is 0 Å². The van der Waals surface area contributed by atoms with Crippen LogP contribution in [0.2, 0.25) is 15.1 Å². The van der Waals surface area contributed by atoms with Crippen molar-refractivity contribution in [1.82, 2.24) is 10.6 Å². The van der Waals surface area contributed by atoms with Crippen LogP contribution in [-0.4, -0.2) is 36.7 Å². The first-order valence-corrected chi connectivity index (χ1v) is 12.9. The molecule has 0 aromatic heterocycles. The van der Waals surface area contributed by atoms with E-state index in [1.807, 2.05) is 30.3 Å². The summed E-state index contributed by atoms with van der Waals surface area (Å²) in [5.41, 5.74) is 1.66. The molecule has 0 unspecified atom stereocenters. The van der Waals surface area contributed by atoms with Gasteiger partial charge in [-0.25, -0.2) is 0 Å². The summed E-state index contributed by atoms with van der Waals surface area (Å²) in [6.45, 7) is 3.60. The number of amides is 1. The fourth-order valence-corrected chi connectivity index (χ4v) is 7.10. The smallest absolute Gasteiger partial charge is 0.240 e. The molecule has 2 aromatic rings. The minimum atomic E-state index is -0.610. The average Bonchev–Trinajstić information content (AvgIpc) is 3.04. The summed E-state index contributed by atoms with van der Waals surface area (Å²) in [4.78, 5) is 13.5. The first-order chi connectivity index (χ1) is 15.9. The molecule has 5 rings (SSSR count). The minimum Gasteiger partial charge on any atom is -0.381 e. The van der Waals surface area contributed by atoms with Crippen molar-refractivity contribution in [3.63, 3.8) is 0 Å². The van der Waals surface area contributed by atoms with Crippen LogP contribution in [-0.2, 0) is 9.53 Å². The maximum absolute atomic E-state index is 13.5. The Bertz CT molecular complexity index is 1020. The Labute approximate surface area is 210 Å². The highest BCUT2D eigenvalue weighted by molar-refractivity contribution is 6.35. The van der Waals surface area contributed by atoms with Crippen molar-refractivity contribution in [2.75, 3.05) is 13.2 Å². The maximum atomic E-state index is 13.5. The normalized spacial score (nSPS) is 32.4. The number of nitrogens with one attached hydrogen (secondary N) is 2. The molecule has 176 valence electrons. The van der Waals surface area contributed by atoms with E-state index < -0.39 is 5.54 Å². The molecule has 1 amide bonds. The maximum Gasteiger partial charge on any atom is 0.240 e. The van der Waals surface area contributed by atoms with Gasteiger partial charge in [-0.3, -0.25) is 4.79 Å². The van der Waals surface area contributed by atoms with E-state index in [4.69, 9.17) is 39.5 Å². The van der Waals surface area contributed by atoms with Crippen molar-refractivity contribution in [3.05, 3.63) is 68.7 Å². The van der Waals surface area contributed by atoms with Gasteiger partial charge in [0.2, 0.25) is 5.91 Å². The van der Waals surface area contributed by atoms with Crippen LogP contribution in [0.1, 0.15) is 55.6 Å². The zero-order valence-corrected chi connectivity index (χ0v) is 20.9. The van der Waals surface area contributed by atoms with Gasteiger partial charge in [-0.2, -0.15) is 0 Å². The Kier molecular flexibility index (Phi) is 6.67. The number of rotatable bonds is 4. The molecule has 4 nitrogen and oxygen atoms in total. The first-order valence-electron chi connectivity index (χ1n) is 11.8. The second-order valence-electron chi connectivity index (χ2n) is 9.68. The van der Waals surface area contributed by atoms with Gasteiger partial charge in [0.05, 0.1) is 0 Å². The highest BCUT2D eigenvalue weighted by atomic mass is 35.5. The van der Waals surface area contributed by atoms with E-state index in [1.54, 1.807) is 0 Å². The van der Waals surface area contributed by atoms with E-state index in [-0.39, 0.29) is 35.7 Å². The predicted octanol–water partition coefficient (Wildman–Crippen LogP) is 5.95. The van der Waals surface area contributed by atoms with Gasteiger partial charge in [-0.05, 0) is 79.8 Å². The Morgan fingerprint density at radius 3 is 2.39 bits per heavy atom. The van der Waals surface area contributed by atoms with Crippen molar-refractivity contribution < 1.29 is 9.53 Å². The summed E-state index contributed by atoms with van der Waals surface area (Å²) < 4.78 is 5.57. The SMILES string of the molecule is C[C@H]1NC(=O)[C@]2(NC3CCOCC3)CC[C@@H](c3ccc(Cl)cc3Cl)[C@H](c3ccc(Cl)cc3)[C@H]12. The highest BCUT2D eigenvalue weighted by Crippen LogP contribution is 2.56. The van der Waals surface area contributed by atoms with Crippen molar-refractivity contribution >= 4 is 40.7 Å². The fraction of sp³-hybridized carbons (Fsp3) is 0.500. The molecule has 3 aliphatic rings. The Morgan fingerprint density at radius 1 is 1.00 bits per heavy atom. The van der Waals surface area contributed by atoms with E-state index in [1.165, 1.54) is 5.56 Å². The summed E-state index contributed by atoms with van der Waals surface area (Å²) in [6.07, 6.45) is 3.46. The van der Waals surface area contributed by atoms with E-state index in [2.05, 4.69) is 29.7 Å². The van der Waals surface area contributed by atoms with Gasteiger partial charge in [0.25, 0.3) is 0 Å². The highest BCUT2D eigenvalue weighted by Gasteiger charge is 2.61. The Hall–Kier alpha value is -1.30. The summed E-state index contributed by atoms with van der Waals surface area (Å²) in [7, 11) is 0. The third-order valence-corrected chi connectivity index (χ3v) is 8.66. The van der Waals surface area contributed by atoms with Crippen LogP contribution in [0.4, 0.5) is 0 Å². The van der Waals surface area contributed by atoms with Crippen LogP contribution >= 0.6 is 34.8 Å². The molecule has 2 aromatic carbocycles. The number of hydrogen-bond donors (Lipinski definition) is 2. The second kappa shape index (κ2) is 9.39. The van der Waals surface area contributed by atoms with Crippen molar-refractivity contribution in [2.45, 2.75) is 62.1 Å². The number of ether oxygens (including phenoxy) is 1. The van der Waals surface area contributed by atoms with Gasteiger partial charge in [0, 0.05) is 46.3 Å². The Morgan fingerprint density at radius 2 is 1.70 bits per heavy atom. The topological polar surface area (TPSA) is 50.4 Å². The predicted molar refractivity (Wildman–Crippen MR) is 133 cm³/mol. The van der Waals surface area contributed by atoms with Gasteiger partial charge in [-0.1, -0.05) is 53.0 Å². The third kappa shape index (κ3) is 4.30. The molecular weight excluding hydrogens is 479 g/mol. The van der Waals surface area contributed by atoms with Gasteiger partial charge in [0.15, 0.2) is 0 Å². The molecule has 2 N–H and O–H groups in total. The van der Waals surface area contributed by atoms with Crippen LogP contribution in [0.15, 0.2) is 42.5 Å². The van der Waals surface area contributed by atoms with Crippen molar-refractivity contribution in [1.29, 1.82) is 0 Å². The first kappa shape index (κ1) is 23.4. The molecule has 3 fully saturated rings. The number of carbonyl (C=O) groups excluding carboxylic acids is 1. The van der Waals surface area contributed by atoms with Gasteiger partial charge in [-0.15, -0.1) is 0 Å². The Balaban J connectivity index is 1.60. The lowest BCUT2D eigenvalue weighted by atomic mass is 9.58. The number of carbonyl (C=O) groups is 1. The number of halogens is 3. The molecule has 2 heterocycles. The zero-order chi connectivity index (χ0) is 23.2. The summed E-state index contributed by atoms with van der Waals surface area (Å²) >= 11 is 19.2. The standard InChI is InChI=1S/C26H29Cl3N2O2/c1-15-24-23(16-2-4-17(27)5-3-16)21(20-7-6-18(28)14-22(20)29)8-11-26(24,25(32)30-15)31-19-9-12-33-13-10-19/h2-7,14-15,19,21,23-24,31H,8-13H2,1H3,(H,30,32)/t15-,21+,23+,24+,26+/m1/s1. The van der Waals surface area contributed by atoms with Gasteiger partial charge in [0.1, 0.15) is 5.54 Å². The van der Waals surface area contributed by atoms with Gasteiger partial charge < -0.3 is 15.4 Å². The molecular formula is C26H29Cl3N2O2. The molecule has 33 heavy (non-hydrogen) atoms. The molecule has 0 spiro atoms. The van der Waals surface area contributed by atoms with E-state index in [0.717, 1.165) is 44.5 Å². The molecule has 2 saturated heterocycles. The van der Waals surface area contributed by atoms with E-state index >= 15 is 0 Å². The summed E-state index contributed by atoms with van der Waals surface area (Å²) in [6, 6.07) is 14.2. The number of benzene rings is 2. The summed E-state index contributed by atoms with van der Waals surface area (Å²) in [5.74, 6) is 0.447. The van der Waals surface area contributed by atoms with Crippen molar-refractivity contribution in [3.8, 4) is 0 Å². The molecule has 1 saturated carbocycles. The lowest BCUT2D eigenvalue weighted by Gasteiger charge is -2.49. The zero-order valence-electron chi connectivity index (χ0n) is 18.6. The molecule has 0 bridgehead atoms. The molecule has 7 heteroatoms. The molecule has 1 aliphatic carbocycles. The fourth-order valence-electron chi connectivity index (χ4n) is 6.43. The van der Waals surface area contributed by atoms with E-state index in [9.17, 15) is 4.79 Å². The summed E-state index contributed by atoms with van der Waals surface area (Å²) in [5, 5.41) is 9.15. The van der Waals surface area contributed by atoms with Crippen LogP contribution < -0.4 is 10.6 Å². The number of fused-ring (bicyclic) bond motifs is 1. The quantitative estimate of drug-likeness (QED) is 0.538. The average molecular weight is 508 g/mol. The molecule has 0 radical (unpaired) electrons.